The third-order valence-electron chi connectivity index (χ3n) is 3.88. The van der Waals surface area contributed by atoms with Crippen LogP contribution in [0.2, 0.25) is 0 Å². The summed E-state index contributed by atoms with van der Waals surface area (Å²) in [4.78, 5) is 23.9. The molecule has 1 aromatic rings. The van der Waals surface area contributed by atoms with E-state index in [9.17, 15) is 14.7 Å². The van der Waals surface area contributed by atoms with Crippen molar-refractivity contribution in [3.8, 4) is 0 Å². The van der Waals surface area contributed by atoms with Gasteiger partial charge in [0.25, 0.3) is 0 Å². The molecule has 1 amide bonds. The summed E-state index contributed by atoms with van der Waals surface area (Å²) in [6, 6.07) is 8.55. The molecule has 0 saturated heterocycles. The molecule has 0 fully saturated rings. The van der Waals surface area contributed by atoms with Crippen LogP contribution in [0.3, 0.4) is 0 Å². The van der Waals surface area contributed by atoms with Gasteiger partial charge in [-0.25, -0.2) is 4.79 Å². The molecule has 2 N–H and O–H groups in total. The third-order valence-corrected chi connectivity index (χ3v) is 3.88. The van der Waals surface area contributed by atoms with Crippen molar-refractivity contribution in [2.24, 2.45) is 5.92 Å². The minimum atomic E-state index is -1.04. The van der Waals surface area contributed by atoms with Gasteiger partial charge in [-0.05, 0) is 11.5 Å². The average molecular weight is 307 g/mol. The molecule has 0 heterocycles. The van der Waals surface area contributed by atoms with E-state index in [-0.39, 0.29) is 30.8 Å². The molecule has 0 aliphatic heterocycles. The lowest BCUT2D eigenvalue weighted by Crippen LogP contribution is -2.44. The number of benzene rings is 1. The van der Waals surface area contributed by atoms with Crippen molar-refractivity contribution >= 4 is 11.9 Å². The number of amides is 1. The summed E-state index contributed by atoms with van der Waals surface area (Å²) in [5.74, 6) is -1.51. The maximum Gasteiger partial charge on any atom is 0.326 e. The van der Waals surface area contributed by atoms with Crippen molar-refractivity contribution in [3.63, 3.8) is 0 Å². The molecule has 5 heteroatoms. The Morgan fingerprint density at radius 3 is 2.41 bits per heavy atom. The molecule has 0 aliphatic carbocycles. The minimum Gasteiger partial charge on any atom is -0.480 e. The summed E-state index contributed by atoms with van der Waals surface area (Å²) < 4.78 is 4.90. The van der Waals surface area contributed by atoms with Crippen LogP contribution in [0, 0.1) is 5.92 Å². The van der Waals surface area contributed by atoms with Crippen molar-refractivity contribution in [3.05, 3.63) is 35.9 Å². The SMILES string of the molecule is CCC(C)C(C(=O)NC(CCOC)C(=O)O)c1ccccc1. The first kappa shape index (κ1) is 18.2. The lowest BCUT2D eigenvalue weighted by atomic mass is 9.84. The summed E-state index contributed by atoms with van der Waals surface area (Å²) >= 11 is 0. The normalized spacial score (nSPS) is 14.9. The molecule has 1 rings (SSSR count). The molecule has 0 spiro atoms. The van der Waals surface area contributed by atoms with E-state index in [0.717, 1.165) is 12.0 Å². The number of methoxy groups -OCH3 is 1. The second-order valence-electron chi connectivity index (χ2n) is 5.45. The Balaban J connectivity index is 2.90. The summed E-state index contributed by atoms with van der Waals surface area (Å²) in [6.07, 6.45) is 1.09. The average Bonchev–Trinajstić information content (AvgIpc) is 2.52. The highest BCUT2D eigenvalue weighted by Crippen LogP contribution is 2.27. The first-order valence-electron chi connectivity index (χ1n) is 7.58. The van der Waals surface area contributed by atoms with Crippen molar-refractivity contribution < 1.29 is 19.4 Å². The molecular formula is C17H25NO4. The number of carbonyl (C=O) groups is 2. The van der Waals surface area contributed by atoms with Gasteiger partial charge in [-0.3, -0.25) is 4.79 Å². The fourth-order valence-electron chi connectivity index (χ4n) is 2.39. The molecule has 122 valence electrons. The van der Waals surface area contributed by atoms with E-state index in [0.29, 0.717) is 0 Å². The monoisotopic (exact) mass is 307 g/mol. The molecule has 1 aromatic carbocycles. The second-order valence-corrected chi connectivity index (χ2v) is 5.45. The van der Waals surface area contributed by atoms with E-state index in [4.69, 9.17) is 4.74 Å². The number of hydrogen-bond donors (Lipinski definition) is 2. The van der Waals surface area contributed by atoms with Gasteiger partial charge in [0.05, 0.1) is 5.92 Å². The standard InChI is InChI=1S/C17H25NO4/c1-4-12(2)15(13-8-6-5-7-9-13)16(19)18-14(17(20)21)10-11-22-3/h5-9,12,14-15H,4,10-11H2,1-3H3,(H,18,19)(H,20,21). The van der Waals surface area contributed by atoms with Crippen LogP contribution in [0.1, 0.15) is 38.2 Å². The smallest absolute Gasteiger partial charge is 0.326 e. The number of hydrogen-bond acceptors (Lipinski definition) is 3. The van der Waals surface area contributed by atoms with Crippen LogP contribution in [0.15, 0.2) is 30.3 Å². The fourth-order valence-corrected chi connectivity index (χ4v) is 2.39. The second kappa shape index (κ2) is 9.20. The predicted molar refractivity (Wildman–Crippen MR) is 84.7 cm³/mol. The minimum absolute atomic E-state index is 0.124. The Labute approximate surface area is 131 Å². The van der Waals surface area contributed by atoms with Crippen molar-refractivity contribution in [1.82, 2.24) is 5.32 Å². The Morgan fingerprint density at radius 2 is 1.91 bits per heavy atom. The van der Waals surface area contributed by atoms with Crippen LogP contribution in [0.25, 0.3) is 0 Å². The highest BCUT2D eigenvalue weighted by molar-refractivity contribution is 5.88. The maximum atomic E-state index is 12.6. The molecule has 0 bridgehead atoms. The number of carbonyl (C=O) groups excluding carboxylic acids is 1. The molecule has 0 radical (unpaired) electrons. The first-order chi connectivity index (χ1) is 10.5. The number of rotatable bonds is 9. The highest BCUT2D eigenvalue weighted by atomic mass is 16.5. The summed E-state index contributed by atoms with van der Waals surface area (Å²) in [5, 5.41) is 11.9. The Kier molecular flexibility index (Phi) is 7.60. The fraction of sp³-hybridized carbons (Fsp3) is 0.529. The van der Waals surface area contributed by atoms with Crippen molar-refractivity contribution in [1.29, 1.82) is 0 Å². The number of nitrogens with one attached hydrogen (secondary N) is 1. The largest absolute Gasteiger partial charge is 0.480 e. The molecule has 3 atom stereocenters. The topological polar surface area (TPSA) is 75.6 Å². The molecule has 5 nitrogen and oxygen atoms in total. The van der Waals surface area contributed by atoms with Gasteiger partial charge in [0.2, 0.25) is 5.91 Å². The molecule has 0 aliphatic rings. The van der Waals surface area contributed by atoms with Gasteiger partial charge < -0.3 is 15.2 Å². The van der Waals surface area contributed by atoms with Crippen LogP contribution in [0.5, 0.6) is 0 Å². The van der Waals surface area contributed by atoms with Crippen molar-refractivity contribution in [2.45, 2.75) is 38.6 Å². The van der Waals surface area contributed by atoms with E-state index in [1.165, 1.54) is 7.11 Å². The van der Waals surface area contributed by atoms with Gasteiger partial charge >= 0.3 is 5.97 Å². The Hall–Kier alpha value is -1.88. The first-order valence-corrected chi connectivity index (χ1v) is 7.58. The highest BCUT2D eigenvalue weighted by Gasteiger charge is 2.29. The zero-order valence-electron chi connectivity index (χ0n) is 13.4. The van der Waals surface area contributed by atoms with Gasteiger partial charge in [0, 0.05) is 20.1 Å². The molecule has 22 heavy (non-hydrogen) atoms. The van der Waals surface area contributed by atoms with Crippen molar-refractivity contribution in [2.75, 3.05) is 13.7 Å². The van der Waals surface area contributed by atoms with Gasteiger partial charge in [0.15, 0.2) is 0 Å². The zero-order valence-corrected chi connectivity index (χ0v) is 13.4. The van der Waals surface area contributed by atoms with Crippen LogP contribution < -0.4 is 5.32 Å². The number of carboxylic acid groups (broad SMARTS) is 1. The predicted octanol–water partition coefficient (Wildman–Crippen LogP) is 2.42. The van der Waals surface area contributed by atoms with Crippen LogP contribution in [-0.4, -0.2) is 36.7 Å². The number of carboxylic acids is 1. The van der Waals surface area contributed by atoms with Gasteiger partial charge in [-0.2, -0.15) is 0 Å². The lowest BCUT2D eigenvalue weighted by molar-refractivity contribution is -0.142. The molecule has 0 saturated carbocycles. The molecule has 0 aromatic heterocycles. The van der Waals surface area contributed by atoms with Crippen LogP contribution in [-0.2, 0) is 14.3 Å². The summed E-state index contributed by atoms with van der Waals surface area (Å²) in [6.45, 7) is 4.31. The number of ether oxygens (including phenoxy) is 1. The number of aliphatic carboxylic acids is 1. The Bertz CT molecular complexity index is 475. The summed E-state index contributed by atoms with van der Waals surface area (Å²) in [7, 11) is 1.51. The van der Waals surface area contributed by atoms with E-state index in [1.807, 2.05) is 44.2 Å². The molecule has 3 unspecified atom stereocenters. The lowest BCUT2D eigenvalue weighted by Gasteiger charge is -2.25. The zero-order chi connectivity index (χ0) is 16.5. The summed E-state index contributed by atoms with van der Waals surface area (Å²) in [5.41, 5.74) is 0.908. The maximum absolute atomic E-state index is 12.6. The van der Waals surface area contributed by atoms with E-state index < -0.39 is 12.0 Å². The Morgan fingerprint density at radius 1 is 1.27 bits per heavy atom. The van der Waals surface area contributed by atoms with Gasteiger partial charge in [-0.15, -0.1) is 0 Å². The van der Waals surface area contributed by atoms with E-state index in [2.05, 4.69) is 5.32 Å². The third kappa shape index (κ3) is 5.15. The van der Waals surface area contributed by atoms with Crippen LogP contribution in [0.4, 0.5) is 0 Å². The van der Waals surface area contributed by atoms with Crippen LogP contribution >= 0.6 is 0 Å². The van der Waals surface area contributed by atoms with Gasteiger partial charge in [-0.1, -0.05) is 50.6 Å². The van der Waals surface area contributed by atoms with Gasteiger partial charge in [0.1, 0.15) is 6.04 Å². The quantitative estimate of drug-likeness (QED) is 0.734. The van der Waals surface area contributed by atoms with E-state index in [1.54, 1.807) is 0 Å². The molecular weight excluding hydrogens is 282 g/mol. The van der Waals surface area contributed by atoms with E-state index >= 15 is 0 Å².